The first-order chi connectivity index (χ1) is 13.1. The minimum Gasteiger partial charge on any atom is -0.456 e. The SMILES string of the molecule is Cc1ccc(-c2c/c(=N\Nc3ccccc3)c3cc(C)cc(C)c3o2)cc1. The highest BCUT2D eigenvalue weighted by Gasteiger charge is 2.09. The van der Waals surface area contributed by atoms with E-state index in [9.17, 15) is 0 Å². The molecule has 0 atom stereocenters. The fourth-order valence-corrected chi connectivity index (χ4v) is 3.21. The average Bonchev–Trinajstić information content (AvgIpc) is 2.68. The van der Waals surface area contributed by atoms with E-state index in [0.29, 0.717) is 0 Å². The van der Waals surface area contributed by atoms with Gasteiger partial charge in [-0.25, -0.2) is 0 Å². The molecule has 0 spiro atoms. The first-order valence-corrected chi connectivity index (χ1v) is 9.07. The number of anilines is 1. The van der Waals surface area contributed by atoms with Crippen LogP contribution in [0, 0.1) is 20.8 Å². The molecule has 0 fully saturated rings. The van der Waals surface area contributed by atoms with Crippen LogP contribution >= 0.6 is 0 Å². The van der Waals surface area contributed by atoms with Crippen LogP contribution < -0.4 is 10.8 Å². The van der Waals surface area contributed by atoms with Crippen LogP contribution in [-0.2, 0) is 0 Å². The van der Waals surface area contributed by atoms with E-state index in [0.717, 1.165) is 38.9 Å². The number of fused-ring (bicyclic) bond motifs is 1. The van der Waals surface area contributed by atoms with Gasteiger partial charge in [-0.15, -0.1) is 0 Å². The Balaban J connectivity index is 1.93. The summed E-state index contributed by atoms with van der Waals surface area (Å²) in [5.41, 5.74) is 9.54. The third kappa shape index (κ3) is 3.63. The Morgan fingerprint density at radius 3 is 2.26 bits per heavy atom. The predicted molar refractivity (Wildman–Crippen MR) is 111 cm³/mol. The first kappa shape index (κ1) is 17.1. The monoisotopic (exact) mass is 354 g/mol. The molecular weight excluding hydrogens is 332 g/mol. The van der Waals surface area contributed by atoms with Crippen molar-refractivity contribution in [3.05, 3.63) is 94.8 Å². The third-order valence-corrected chi connectivity index (χ3v) is 4.59. The van der Waals surface area contributed by atoms with Gasteiger partial charge in [0.2, 0.25) is 0 Å². The number of para-hydroxylation sites is 1. The largest absolute Gasteiger partial charge is 0.456 e. The Morgan fingerprint density at radius 1 is 0.778 bits per heavy atom. The molecule has 3 aromatic carbocycles. The van der Waals surface area contributed by atoms with Gasteiger partial charge in [0.15, 0.2) is 0 Å². The molecule has 134 valence electrons. The number of hydrogen-bond acceptors (Lipinski definition) is 3. The van der Waals surface area contributed by atoms with Gasteiger partial charge in [-0.3, -0.25) is 5.43 Å². The van der Waals surface area contributed by atoms with Gasteiger partial charge in [-0.05, 0) is 50.1 Å². The van der Waals surface area contributed by atoms with Crippen LogP contribution in [0.15, 0.2) is 82.3 Å². The summed E-state index contributed by atoms with van der Waals surface area (Å²) in [6.45, 7) is 6.25. The molecule has 0 amide bonds. The van der Waals surface area contributed by atoms with Crippen molar-refractivity contribution in [1.82, 2.24) is 0 Å². The summed E-state index contributed by atoms with van der Waals surface area (Å²) < 4.78 is 6.28. The fourth-order valence-electron chi connectivity index (χ4n) is 3.21. The highest BCUT2D eigenvalue weighted by atomic mass is 16.3. The summed E-state index contributed by atoms with van der Waals surface area (Å²) in [6.07, 6.45) is 0. The molecule has 0 aliphatic rings. The topological polar surface area (TPSA) is 37.5 Å². The molecule has 4 aromatic rings. The Labute approximate surface area is 159 Å². The minimum absolute atomic E-state index is 0.808. The second-order valence-corrected chi connectivity index (χ2v) is 6.91. The van der Waals surface area contributed by atoms with Crippen molar-refractivity contribution >= 4 is 16.7 Å². The van der Waals surface area contributed by atoms with Gasteiger partial charge in [0.1, 0.15) is 11.3 Å². The van der Waals surface area contributed by atoms with Crippen molar-refractivity contribution in [1.29, 1.82) is 0 Å². The van der Waals surface area contributed by atoms with Crippen LogP contribution in [0.2, 0.25) is 0 Å². The number of nitrogens with zero attached hydrogens (tertiary/aromatic N) is 1. The van der Waals surface area contributed by atoms with Crippen LogP contribution in [0.25, 0.3) is 22.3 Å². The molecule has 1 heterocycles. The number of hydrogen-bond donors (Lipinski definition) is 1. The Bertz CT molecular complexity index is 1160. The van der Waals surface area contributed by atoms with E-state index in [1.807, 2.05) is 36.4 Å². The van der Waals surface area contributed by atoms with E-state index in [1.54, 1.807) is 0 Å². The first-order valence-electron chi connectivity index (χ1n) is 9.07. The summed E-state index contributed by atoms with van der Waals surface area (Å²) in [7, 11) is 0. The van der Waals surface area contributed by atoms with E-state index in [4.69, 9.17) is 4.42 Å². The van der Waals surface area contributed by atoms with Gasteiger partial charge < -0.3 is 4.42 Å². The van der Waals surface area contributed by atoms with Gasteiger partial charge >= 0.3 is 0 Å². The zero-order valence-electron chi connectivity index (χ0n) is 15.8. The quantitative estimate of drug-likeness (QED) is 0.461. The molecule has 1 aromatic heterocycles. The number of rotatable bonds is 3. The molecule has 0 bridgehead atoms. The molecule has 0 unspecified atom stereocenters. The van der Waals surface area contributed by atoms with Crippen LogP contribution in [-0.4, -0.2) is 0 Å². The van der Waals surface area contributed by atoms with Crippen molar-refractivity contribution in [2.24, 2.45) is 5.10 Å². The zero-order valence-corrected chi connectivity index (χ0v) is 15.8. The van der Waals surface area contributed by atoms with E-state index >= 15 is 0 Å². The van der Waals surface area contributed by atoms with Crippen LogP contribution in [0.3, 0.4) is 0 Å². The van der Waals surface area contributed by atoms with Gasteiger partial charge in [-0.1, -0.05) is 54.1 Å². The van der Waals surface area contributed by atoms with Crippen LogP contribution in [0.4, 0.5) is 5.69 Å². The number of aryl methyl sites for hydroxylation is 3. The normalized spacial score (nSPS) is 11.7. The molecule has 3 heteroatoms. The highest BCUT2D eigenvalue weighted by Crippen LogP contribution is 2.25. The third-order valence-electron chi connectivity index (χ3n) is 4.59. The summed E-state index contributed by atoms with van der Waals surface area (Å²) in [6, 6.07) is 24.6. The lowest BCUT2D eigenvalue weighted by molar-refractivity contribution is 0.615. The van der Waals surface area contributed by atoms with Crippen molar-refractivity contribution in [2.45, 2.75) is 20.8 Å². The van der Waals surface area contributed by atoms with Crippen LogP contribution in [0.5, 0.6) is 0 Å². The Hall–Kier alpha value is -3.33. The Kier molecular flexibility index (Phi) is 4.51. The maximum Gasteiger partial charge on any atom is 0.139 e. The number of nitrogens with one attached hydrogen (secondary N) is 1. The van der Waals surface area contributed by atoms with Crippen molar-refractivity contribution < 1.29 is 4.42 Å². The molecule has 4 rings (SSSR count). The lowest BCUT2D eigenvalue weighted by atomic mass is 10.1. The maximum atomic E-state index is 6.28. The molecule has 0 radical (unpaired) electrons. The Morgan fingerprint density at radius 2 is 1.52 bits per heavy atom. The molecule has 0 saturated carbocycles. The zero-order chi connectivity index (χ0) is 18.8. The van der Waals surface area contributed by atoms with E-state index in [1.165, 1.54) is 11.1 Å². The van der Waals surface area contributed by atoms with Crippen molar-refractivity contribution in [3.8, 4) is 11.3 Å². The molecular formula is C24H22N2O. The predicted octanol–water partition coefficient (Wildman–Crippen LogP) is 5.95. The smallest absolute Gasteiger partial charge is 0.139 e. The number of benzene rings is 3. The molecule has 1 N–H and O–H groups in total. The van der Waals surface area contributed by atoms with Gasteiger partial charge in [0.25, 0.3) is 0 Å². The molecule has 3 nitrogen and oxygen atoms in total. The van der Waals surface area contributed by atoms with Gasteiger partial charge in [-0.2, -0.15) is 5.10 Å². The highest BCUT2D eigenvalue weighted by molar-refractivity contribution is 5.82. The van der Waals surface area contributed by atoms with Crippen LogP contribution in [0.1, 0.15) is 16.7 Å². The lowest BCUT2D eigenvalue weighted by Crippen LogP contribution is -2.08. The van der Waals surface area contributed by atoms with Crippen molar-refractivity contribution in [3.63, 3.8) is 0 Å². The lowest BCUT2D eigenvalue weighted by Gasteiger charge is -2.09. The van der Waals surface area contributed by atoms with Gasteiger partial charge in [0, 0.05) is 17.0 Å². The van der Waals surface area contributed by atoms with E-state index in [-0.39, 0.29) is 0 Å². The summed E-state index contributed by atoms with van der Waals surface area (Å²) in [5, 5.41) is 6.55. The summed E-state index contributed by atoms with van der Waals surface area (Å²) in [4.78, 5) is 0. The summed E-state index contributed by atoms with van der Waals surface area (Å²) >= 11 is 0. The molecule has 0 aliphatic carbocycles. The molecule has 27 heavy (non-hydrogen) atoms. The second kappa shape index (κ2) is 7.12. The second-order valence-electron chi connectivity index (χ2n) is 6.91. The summed E-state index contributed by atoms with van der Waals surface area (Å²) in [5.74, 6) is 0.808. The standard InChI is InChI=1S/C24H22N2O/c1-16-9-11-19(12-10-16)23-15-22(26-25-20-7-5-4-6-8-20)21-14-17(2)13-18(3)24(21)27-23/h4-15,25H,1-3H3/b26-22+. The van der Waals surface area contributed by atoms with Crippen molar-refractivity contribution in [2.75, 3.05) is 5.43 Å². The molecule has 0 saturated heterocycles. The van der Waals surface area contributed by atoms with E-state index in [2.05, 4.69) is 67.7 Å². The van der Waals surface area contributed by atoms with E-state index < -0.39 is 0 Å². The van der Waals surface area contributed by atoms with Gasteiger partial charge in [0.05, 0.1) is 11.0 Å². The maximum absolute atomic E-state index is 6.28. The molecule has 0 aliphatic heterocycles. The minimum atomic E-state index is 0.808. The fraction of sp³-hybridized carbons (Fsp3) is 0.125. The average molecular weight is 354 g/mol.